The first-order valence-corrected chi connectivity index (χ1v) is 9.11. The average Bonchev–Trinajstić information content (AvgIpc) is 3.22. The van der Waals surface area contributed by atoms with Gasteiger partial charge in [0.15, 0.2) is 23.1 Å². The van der Waals surface area contributed by atoms with Gasteiger partial charge < -0.3 is 18.6 Å². The number of aryl methyl sites for hydroxylation is 2. The number of aromatic nitrogens is 4. The van der Waals surface area contributed by atoms with Gasteiger partial charge >= 0.3 is 0 Å². The lowest BCUT2D eigenvalue weighted by molar-refractivity contribution is 0.0980. The SMILES string of the molecule is CC(=O)c1oc2nc[nH]c(=O)c2c1C.CCOc1ncnc2oc(C(C)=O)c(C)c12. The third-order valence-corrected chi connectivity index (χ3v) is 4.35. The number of furan rings is 2. The highest BCUT2D eigenvalue weighted by molar-refractivity contribution is 5.99. The van der Waals surface area contributed by atoms with Crippen molar-refractivity contribution in [2.75, 3.05) is 6.61 Å². The van der Waals surface area contributed by atoms with E-state index in [1.54, 1.807) is 13.8 Å². The average molecular weight is 412 g/mol. The Labute approximate surface area is 170 Å². The number of carbonyl (C=O) groups is 2. The highest BCUT2D eigenvalue weighted by Gasteiger charge is 2.19. The second-order valence-electron chi connectivity index (χ2n) is 6.43. The van der Waals surface area contributed by atoms with Gasteiger partial charge in [-0.3, -0.25) is 14.4 Å². The molecular formula is C20H20N4O6. The summed E-state index contributed by atoms with van der Waals surface area (Å²) >= 11 is 0. The van der Waals surface area contributed by atoms with Crippen LogP contribution in [0.5, 0.6) is 5.88 Å². The van der Waals surface area contributed by atoms with Crippen LogP contribution in [0.1, 0.15) is 53.0 Å². The van der Waals surface area contributed by atoms with Crippen LogP contribution in [0.15, 0.2) is 26.3 Å². The van der Waals surface area contributed by atoms with E-state index < -0.39 is 0 Å². The first-order valence-electron chi connectivity index (χ1n) is 9.11. The molecule has 0 spiro atoms. The molecule has 4 aromatic rings. The predicted molar refractivity (Wildman–Crippen MR) is 107 cm³/mol. The molecule has 10 heteroatoms. The van der Waals surface area contributed by atoms with Crippen LogP contribution >= 0.6 is 0 Å². The Hall–Kier alpha value is -3.82. The van der Waals surface area contributed by atoms with Gasteiger partial charge in [0.25, 0.3) is 5.56 Å². The molecule has 1 N–H and O–H groups in total. The monoisotopic (exact) mass is 412 g/mol. The molecule has 4 heterocycles. The van der Waals surface area contributed by atoms with Crippen LogP contribution in [0.25, 0.3) is 22.2 Å². The van der Waals surface area contributed by atoms with Crippen LogP contribution < -0.4 is 10.3 Å². The lowest BCUT2D eigenvalue weighted by atomic mass is 10.2. The summed E-state index contributed by atoms with van der Waals surface area (Å²) in [5.74, 6) is 0.639. The van der Waals surface area contributed by atoms with Crippen molar-refractivity contribution in [1.82, 2.24) is 19.9 Å². The molecule has 0 fully saturated rings. The van der Waals surface area contributed by atoms with Gasteiger partial charge in [-0.25, -0.2) is 15.0 Å². The number of carbonyl (C=O) groups excluding carboxylic acids is 2. The van der Waals surface area contributed by atoms with Crippen molar-refractivity contribution in [1.29, 1.82) is 0 Å². The topological polar surface area (TPSA) is 141 Å². The van der Waals surface area contributed by atoms with Crippen LogP contribution in [0.4, 0.5) is 0 Å². The first-order chi connectivity index (χ1) is 14.3. The van der Waals surface area contributed by atoms with Crippen molar-refractivity contribution < 1.29 is 23.2 Å². The standard InChI is InChI=1S/C11H12N2O3.C9H8N2O3/c1-4-15-10-8-6(2)9(7(3)14)16-11(8)13-5-12-10;1-4-6-8(13)10-3-11-9(6)14-7(4)5(2)12/h5H,4H2,1-3H3;3H,1-2H3,(H,10,11,13). The van der Waals surface area contributed by atoms with E-state index in [0.717, 1.165) is 5.56 Å². The maximum absolute atomic E-state index is 11.4. The van der Waals surface area contributed by atoms with E-state index in [1.807, 2.05) is 6.92 Å². The molecule has 0 aliphatic heterocycles. The third-order valence-electron chi connectivity index (χ3n) is 4.35. The van der Waals surface area contributed by atoms with Crippen molar-refractivity contribution in [3.63, 3.8) is 0 Å². The zero-order valence-corrected chi connectivity index (χ0v) is 17.2. The molecule has 0 unspecified atom stereocenters. The Balaban J connectivity index is 0.000000172. The molecule has 0 radical (unpaired) electrons. The first kappa shape index (κ1) is 20.9. The van der Waals surface area contributed by atoms with Crippen molar-refractivity contribution in [3.8, 4) is 5.88 Å². The fraction of sp³-hybridized carbons (Fsp3) is 0.300. The second kappa shape index (κ2) is 8.27. The number of hydrogen-bond donors (Lipinski definition) is 1. The second-order valence-corrected chi connectivity index (χ2v) is 6.43. The number of nitrogens with zero attached hydrogens (tertiary/aromatic N) is 3. The maximum atomic E-state index is 11.4. The fourth-order valence-electron chi connectivity index (χ4n) is 3.04. The molecule has 0 saturated carbocycles. The lowest BCUT2D eigenvalue weighted by Crippen LogP contribution is -2.05. The minimum absolute atomic E-state index is 0.127. The summed E-state index contributed by atoms with van der Waals surface area (Å²) in [6.07, 6.45) is 2.61. The number of ketones is 2. The van der Waals surface area contributed by atoms with Gasteiger partial charge in [0.2, 0.25) is 17.3 Å². The van der Waals surface area contributed by atoms with Crippen molar-refractivity contribution in [2.45, 2.75) is 34.6 Å². The zero-order chi connectivity index (χ0) is 22.0. The summed E-state index contributed by atoms with van der Waals surface area (Å²) in [6, 6.07) is 0. The number of ether oxygens (including phenoxy) is 1. The fourth-order valence-corrected chi connectivity index (χ4v) is 3.04. The lowest BCUT2D eigenvalue weighted by Gasteiger charge is -2.01. The van der Waals surface area contributed by atoms with E-state index >= 15 is 0 Å². The quantitative estimate of drug-likeness (QED) is 0.500. The summed E-state index contributed by atoms with van der Waals surface area (Å²) < 4.78 is 15.9. The number of hydrogen-bond acceptors (Lipinski definition) is 9. The van der Waals surface area contributed by atoms with Crippen molar-refractivity contribution in [3.05, 3.63) is 45.7 Å². The number of rotatable bonds is 4. The highest BCUT2D eigenvalue weighted by atomic mass is 16.5. The normalized spacial score (nSPS) is 10.7. The van der Waals surface area contributed by atoms with Gasteiger partial charge in [0.05, 0.1) is 12.9 Å². The minimum atomic E-state index is -0.288. The Bertz CT molecular complexity index is 1310. The van der Waals surface area contributed by atoms with Gasteiger partial charge in [-0.15, -0.1) is 0 Å². The largest absolute Gasteiger partial charge is 0.477 e. The molecule has 4 aromatic heterocycles. The van der Waals surface area contributed by atoms with Gasteiger partial charge in [0.1, 0.15) is 17.1 Å². The predicted octanol–water partition coefficient (Wildman–Crippen LogP) is 3.16. The van der Waals surface area contributed by atoms with Crippen molar-refractivity contribution in [2.24, 2.45) is 0 Å². The highest BCUT2D eigenvalue weighted by Crippen LogP contribution is 2.30. The molecule has 10 nitrogen and oxygen atoms in total. The summed E-state index contributed by atoms with van der Waals surface area (Å²) in [4.78, 5) is 48.1. The van der Waals surface area contributed by atoms with Crippen LogP contribution in [-0.2, 0) is 0 Å². The van der Waals surface area contributed by atoms with Crippen LogP contribution in [0, 0.1) is 13.8 Å². The molecule has 0 saturated heterocycles. The molecular weight excluding hydrogens is 392 g/mol. The molecule has 156 valence electrons. The van der Waals surface area contributed by atoms with Gasteiger partial charge in [-0.2, -0.15) is 0 Å². The summed E-state index contributed by atoms with van der Waals surface area (Å²) in [6.45, 7) is 8.69. The summed E-state index contributed by atoms with van der Waals surface area (Å²) in [7, 11) is 0. The Morgan fingerprint density at radius 2 is 1.53 bits per heavy atom. The number of H-pyrrole nitrogens is 1. The molecule has 0 bridgehead atoms. The van der Waals surface area contributed by atoms with Crippen LogP contribution in [0.3, 0.4) is 0 Å². The molecule has 4 rings (SSSR count). The Kier molecular flexibility index (Phi) is 5.77. The number of fused-ring (bicyclic) bond motifs is 2. The smallest absolute Gasteiger partial charge is 0.262 e. The van der Waals surface area contributed by atoms with Crippen LogP contribution in [-0.4, -0.2) is 38.1 Å². The molecule has 0 atom stereocenters. The molecule has 30 heavy (non-hydrogen) atoms. The van der Waals surface area contributed by atoms with E-state index in [9.17, 15) is 14.4 Å². The van der Waals surface area contributed by atoms with E-state index in [0.29, 0.717) is 40.3 Å². The van der Waals surface area contributed by atoms with Gasteiger partial charge in [-0.05, 0) is 20.8 Å². The van der Waals surface area contributed by atoms with E-state index in [-0.39, 0.29) is 28.6 Å². The maximum Gasteiger partial charge on any atom is 0.262 e. The van der Waals surface area contributed by atoms with E-state index in [1.165, 1.54) is 26.5 Å². The van der Waals surface area contributed by atoms with Crippen LogP contribution in [0.2, 0.25) is 0 Å². The number of nitrogens with one attached hydrogen (secondary N) is 1. The Morgan fingerprint density at radius 1 is 0.967 bits per heavy atom. The Morgan fingerprint density at radius 3 is 2.07 bits per heavy atom. The molecule has 0 aromatic carbocycles. The number of aromatic amines is 1. The summed E-state index contributed by atoms with van der Waals surface area (Å²) in [5.41, 5.74) is 1.58. The molecule has 0 amide bonds. The molecule has 0 aliphatic carbocycles. The van der Waals surface area contributed by atoms with E-state index in [4.69, 9.17) is 13.6 Å². The molecule has 0 aliphatic rings. The van der Waals surface area contributed by atoms with Gasteiger partial charge in [-0.1, -0.05) is 0 Å². The third kappa shape index (κ3) is 3.71. The van der Waals surface area contributed by atoms with Gasteiger partial charge in [0, 0.05) is 25.0 Å². The van der Waals surface area contributed by atoms with E-state index in [2.05, 4.69) is 19.9 Å². The summed E-state index contributed by atoms with van der Waals surface area (Å²) in [5, 5.41) is 1.02. The minimum Gasteiger partial charge on any atom is -0.477 e. The van der Waals surface area contributed by atoms with Crippen molar-refractivity contribution >= 4 is 33.8 Å². The number of Topliss-reactive ketones (excluding diaryl/α,β-unsaturated/α-hetero) is 2. The zero-order valence-electron chi connectivity index (χ0n) is 17.2.